The highest BCUT2D eigenvalue weighted by molar-refractivity contribution is 14.1. The number of rotatable bonds is 3. The van der Waals surface area contributed by atoms with Crippen molar-refractivity contribution in [2.45, 2.75) is 6.92 Å². The summed E-state index contributed by atoms with van der Waals surface area (Å²) in [5, 5.41) is 12.9. The molecule has 16 heavy (non-hydrogen) atoms. The van der Waals surface area contributed by atoms with E-state index in [1.807, 2.05) is 25.1 Å². The van der Waals surface area contributed by atoms with Crippen molar-refractivity contribution in [3.8, 4) is 0 Å². The lowest BCUT2D eigenvalue weighted by atomic mass is 10.2. The second-order valence-electron chi connectivity index (χ2n) is 3.43. The van der Waals surface area contributed by atoms with E-state index < -0.39 is 0 Å². The van der Waals surface area contributed by atoms with Gasteiger partial charge in [-0.25, -0.2) is 9.97 Å². The summed E-state index contributed by atoms with van der Waals surface area (Å²) in [6.07, 6.45) is 0. The minimum absolute atomic E-state index is 0.0917. The minimum atomic E-state index is 0.0917. The third kappa shape index (κ3) is 2.41. The maximum Gasteiger partial charge on any atom is 0.137 e. The monoisotopic (exact) mass is 329 g/mol. The third-order valence-electron chi connectivity index (χ3n) is 2.17. The van der Waals surface area contributed by atoms with Crippen LogP contribution in [0.1, 0.15) is 5.82 Å². The van der Waals surface area contributed by atoms with E-state index in [0.29, 0.717) is 6.54 Å². The second kappa shape index (κ2) is 4.92. The van der Waals surface area contributed by atoms with Gasteiger partial charge in [-0.2, -0.15) is 0 Å². The molecule has 0 atom stereocenters. The van der Waals surface area contributed by atoms with Crippen LogP contribution in [-0.2, 0) is 0 Å². The fourth-order valence-corrected chi connectivity index (χ4v) is 2.02. The van der Waals surface area contributed by atoms with Gasteiger partial charge in [0.2, 0.25) is 0 Å². The fourth-order valence-electron chi connectivity index (χ4n) is 1.53. The third-order valence-corrected chi connectivity index (χ3v) is 2.84. The highest BCUT2D eigenvalue weighted by Gasteiger charge is 2.05. The molecule has 2 aromatic rings. The van der Waals surface area contributed by atoms with Crippen LogP contribution in [0.3, 0.4) is 0 Å². The van der Waals surface area contributed by atoms with Crippen molar-refractivity contribution in [2.24, 2.45) is 0 Å². The number of hydrogen-bond acceptors (Lipinski definition) is 4. The van der Waals surface area contributed by atoms with Gasteiger partial charge < -0.3 is 10.4 Å². The summed E-state index contributed by atoms with van der Waals surface area (Å²) in [5.41, 5.74) is 0.924. The van der Waals surface area contributed by atoms with Crippen LogP contribution in [0.5, 0.6) is 0 Å². The van der Waals surface area contributed by atoms with Crippen LogP contribution in [0.4, 0.5) is 5.82 Å². The number of fused-ring (bicyclic) bond motifs is 1. The molecule has 0 amide bonds. The minimum Gasteiger partial charge on any atom is -0.395 e. The Bertz CT molecular complexity index is 516. The van der Waals surface area contributed by atoms with Crippen molar-refractivity contribution >= 4 is 39.3 Å². The van der Waals surface area contributed by atoms with Gasteiger partial charge in [-0.3, -0.25) is 0 Å². The Hall–Kier alpha value is -0.950. The number of nitrogens with one attached hydrogen (secondary N) is 1. The standard InChI is InChI=1S/C11H12IN3O/c1-7-14-10-3-2-8(12)6-9(10)11(15-7)13-4-5-16/h2-3,6,16H,4-5H2,1H3,(H,13,14,15). The van der Waals surface area contributed by atoms with E-state index in [2.05, 4.69) is 37.9 Å². The molecule has 1 heterocycles. The van der Waals surface area contributed by atoms with Gasteiger partial charge in [0.05, 0.1) is 12.1 Å². The Morgan fingerprint density at radius 2 is 2.19 bits per heavy atom. The number of anilines is 1. The van der Waals surface area contributed by atoms with Gasteiger partial charge in [-0.15, -0.1) is 0 Å². The Labute approximate surface area is 107 Å². The molecule has 0 aliphatic rings. The summed E-state index contributed by atoms with van der Waals surface area (Å²) in [7, 11) is 0. The van der Waals surface area contributed by atoms with E-state index in [-0.39, 0.29) is 6.61 Å². The van der Waals surface area contributed by atoms with Crippen LogP contribution in [0.2, 0.25) is 0 Å². The summed E-state index contributed by atoms with van der Waals surface area (Å²) in [6, 6.07) is 6.04. The lowest BCUT2D eigenvalue weighted by Gasteiger charge is -2.08. The molecule has 1 aromatic heterocycles. The Morgan fingerprint density at radius 1 is 1.38 bits per heavy atom. The number of benzene rings is 1. The smallest absolute Gasteiger partial charge is 0.137 e. The van der Waals surface area contributed by atoms with Crippen LogP contribution >= 0.6 is 22.6 Å². The molecule has 0 unspecified atom stereocenters. The maximum atomic E-state index is 8.82. The molecule has 0 fully saturated rings. The molecule has 2 rings (SSSR count). The normalized spacial score (nSPS) is 10.7. The lowest BCUT2D eigenvalue weighted by Crippen LogP contribution is -2.08. The highest BCUT2D eigenvalue weighted by atomic mass is 127. The van der Waals surface area contributed by atoms with Crippen molar-refractivity contribution in [3.05, 3.63) is 27.6 Å². The summed E-state index contributed by atoms with van der Waals surface area (Å²) in [6.45, 7) is 2.45. The average molecular weight is 329 g/mol. The molecule has 84 valence electrons. The summed E-state index contributed by atoms with van der Waals surface area (Å²) in [4.78, 5) is 8.71. The molecule has 0 bridgehead atoms. The molecule has 0 radical (unpaired) electrons. The van der Waals surface area contributed by atoms with Crippen molar-refractivity contribution < 1.29 is 5.11 Å². The summed E-state index contributed by atoms with van der Waals surface area (Å²) in [5.74, 6) is 1.52. The predicted octanol–water partition coefficient (Wildman–Crippen LogP) is 1.95. The van der Waals surface area contributed by atoms with Gasteiger partial charge >= 0.3 is 0 Å². The molecule has 0 spiro atoms. The molecular formula is C11H12IN3O. The highest BCUT2D eigenvalue weighted by Crippen LogP contribution is 2.22. The maximum absolute atomic E-state index is 8.82. The zero-order chi connectivity index (χ0) is 11.5. The van der Waals surface area contributed by atoms with Gasteiger partial charge in [-0.1, -0.05) is 0 Å². The number of halogens is 1. The molecule has 1 aromatic carbocycles. The number of aryl methyl sites for hydroxylation is 1. The van der Waals surface area contributed by atoms with E-state index >= 15 is 0 Å². The molecule has 0 aliphatic heterocycles. The van der Waals surface area contributed by atoms with Crippen LogP contribution in [0, 0.1) is 10.5 Å². The quantitative estimate of drug-likeness (QED) is 0.845. The predicted molar refractivity (Wildman–Crippen MR) is 72.6 cm³/mol. The first kappa shape index (κ1) is 11.5. The molecule has 0 saturated carbocycles. The van der Waals surface area contributed by atoms with Crippen LogP contribution in [0.25, 0.3) is 10.9 Å². The summed E-state index contributed by atoms with van der Waals surface area (Å²) >= 11 is 2.26. The number of aliphatic hydroxyl groups excluding tert-OH is 1. The van der Waals surface area contributed by atoms with E-state index in [9.17, 15) is 0 Å². The largest absolute Gasteiger partial charge is 0.395 e. The van der Waals surface area contributed by atoms with Crippen molar-refractivity contribution in [1.82, 2.24) is 9.97 Å². The molecule has 2 N–H and O–H groups in total. The zero-order valence-electron chi connectivity index (χ0n) is 8.87. The van der Waals surface area contributed by atoms with Crippen LogP contribution < -0.4 is 5.32 Å². The lowest BCUT2D eigenvalue weighted by molar-refractivity contribution is 0.311. The van der Waals surface area contributed by atoms with Crippen LogP contribution in [0.15, 0.2) is 18.2 Å². The van der Waals surface area contributed by atoms with Gasteiger partial charge in [0, 0.05) is 15.5 Å². The van der Waals surface area contributed by atoms with Crippen molar-refractivity contribution in [2.75, 3.05) is 18.5 Å². The van der Waals surface area contributed by atoms with Crippen molar-refractivity contribution in [3.63, 3.8) is 0 Å². The van der Waals surface area contributed by atoms with Crippen LogP contribution in [-0.4, -0.2) is 28.2 Å². The molecular weight excluding hydrogens is 317 g/mol. The Morgan fingerprint density at radius 3 is 2.94 bits per heavy atom. The molecule has 5 heteroatoms. The second-order valence-corrected chi connectivity index (χ2v) is 4.68. The zero-order valence-corrected chi connectivity index (χ0v) is 11.0. The average Bonchev–Trinajstić information content (AvgIpc) is 2.26. The van der Waals surface area contributed by atoms with Gasteiger partial charge in [0.1, 0.15) is 11.6 Å². The van der Waals surface area contributed by atoms with Gasteiger partial charge in [0.15, 0.2) is 0 Å². The van der Waals surface area contributed by atoms with Crippen molar-refractivity contribution in [1.29, 1.82) is 0 Å². The summed E-state index contributed by atoms with van der Waals surface area (Å²) < 4.78 is 1.14. The number of aliphatic hydroxyl groups is 1. The van der Waals surface area contributed by atoms with Gasteiger partial charge in [-0.05, 0) is 47.7 Å². The first-order valence-corrected chi connectivity index (χ1v) is 6.07. The number of hydrogen-bond donors (Lipinski definition) is 2. The number of nitrogens with zero attached hydrogens (tertiary/aromatic N) is 2. The Kier molecular flexibility index (Phi) is 3.55. The molecule has 4 nitrogen and oxygen atoms in total. The van der Waals surface area contributed by atoms with E-state index in [1.54, 1.807) is 0 Å². The first-order chi connectivity index (χ1) is 7.70. The molecule has 0 saturated heterocycles. The van der Waals surface area contributed by atoms with E-state index in [0.717, 1.165) is 26.1 Å². The SMILES string of the molecule is Cc1nc(NCCO)c2cc(I)ccc2n1. The number of aromatic nitrogens is 2. The Balaban J connectivity index is 2.55. The topological polar surface area (TPSA) is 58.0 Å². The first-order valence-electron chi connectivity index (χ1n) is 4.99. The fraction of sp³-hybridized carbons (Fsp3) is 0.273. The van der Waals surface area contributed by atoms with E-state index in [4.69, 9.17) is 5.11 Å². The molecule has 0 aliphatic carbocycles. The van der Waals surface area contributed by atoms with E-state index in [1.165, 1.54) is 0 Å². The van der Waals surface area contributed by atoms with Gasteiger partial charge in [0.25, 0.3) is 0 Å².